The number of methoxy groups -OCH3 is 1. The first-order valence-corrected chi connectivity index (χ1v) is 16.5. The molecule has 2 heterocycles. The summed E-state index contributed by atoms with van der Waals surface area (Å²) in [6, 6.07) is 20.4. The van der Waals surface area contributed by atoms with Crippen molar-refractivity contribution in [3.8, 4) is 5.88 Å². The highest BCUT2D eigenvalue weighted by molar-refractivity contribution is 5.83. The third-order valence-electron chi connectivity index (χ3n) is 9.01. The van der Waals surface area contributed by atoms with Crippen LogP contribution >= 0.6 is 0 Å². The van der Waals surface area contributed by atoms with Gasteiger partial charge in [0.1, 0.15) is 6.04 Å². The predicted octanol–water partition coefficient (Wildman–Crippen LogP) is 2.88. The van der Waals surface area contributed by atoms with E-state index in [1.807, 2.05) is 92.4 Å². The third-order valence-corrected chi connectivity index (χ3v) is 9.01. The van der Waals surface area contributed by atoms with Crippen molar-refractivity contribution < 1.29 is 24.5 Å². The van der Waals surface area contributed by atoms with Gasteiger partial charge in [0.2, 0.25) is 17.7 Å². The Morgan fingerprint density at radius 3 is 2.53 bits per heavy atom. The van der Waals surface area contributed by atoms with Crippen molar-refractivity contribution in [3.05, 3.63) is 95.2 Å². The molecule has 2 aromatic carbocycles. The number of hydrogen-bond donors (Lipinski definition) is 4. The van der Waals surface area contributed by atoms with Crippen LogP contribution in [0.2, 0.25) is 0 Å². The number of pyridine rings is 1. The maximum atomic E-state index is 13.9. The molecule has 1 aliphatic carbocycles. The summed E-state index contributed by atoms with van der Waals surface area (Å²) in [5.41, 5.74) is 3.49. The number of aromatic nitrogens is 1. The molecule has 0 unspecified atom stereocenters. The van der Waals surface area contributed by atoms with Gasteiger partial charge in [-0.15, -0.1) is 0 Å². The fourth-order valence-corrected chi connectivity index (χ4v) is 6.78. The topological polar surface area (TPSA) is 127 Å². The Balaban J connectivity index is 1.29. The van der Waals surface area contributed by atoms with Crippen LogP contribution in [0.15, 0.2) is 72.9 Å². The second-order valence-electron chi connectivity index (χ2n) is 13.9. The highest BCUT2D eigenvalue weighted by atomic mass is 16.5. The summed E-state index contributed by atoms with van der Waals surface area (Å²) in [7, 11) is 1.60. The molecule has 1 fully saturated rings. The number of carbonyl (C=O) groups is 2. The van der Waals surface area contributed by atoms with E-state index in [1.54, 1.807) is 13.3 Å². The van der Waals surface area contributed by atoms with Crippen LogP contribution in [0, 0.1) is 5.92 Å². The molecule has 1 saturated heterocycles. The van der Waals surface area contributed by atoms with Crippen molar-refractivity contribution in [3.63, 3.8) is 0 Å². The minimum Gasteiger partial charge on any atom is -0.481 e. The van der Waals surface area contributed by atoms with Crippen LogP contribution in [-0.4, -0.2) is 93.9 Å². The quantitative estimate of drug-likeness (QED) is 0.238. The first-order valence-electron chi connectivity index (χ1n) is 16.5. The van der Waals surface area contributed by atoms with Crippen LogP contribution in [0.1, 0.15) is 55.5 Å². The van der Waals surface area contributed by atoms with Gasteiger partial charge in [-0.2, -0.15) is 0 Å². The highest BCUT2D eigenvalue weighted by Gasteiger charge is 2.37. The number of hydrogen-bond acceptors (Lipinski definition) is 8. The molecular formula is C37H49N5O5. The smallest absolute Gasteiger partial charge is 0.239 e. The molecule has 2 aliphatic rings. The van der Waals surface area contributed by atoms with Gasteiger partial charge in [0.05, 0.1) is 25.4 Å². The van der Waals surface area contributed by atoms with E-state index in [0.717, 1.165) is 22.3 Å². The monoisotopic (exact) mass is 643 g/mol. The van der Waals surface area contributed by atoms with Gasteiger partial charge in [-0.1, -0.05) is 60.7 Å². The molecule has 2 amide bonds. The molecule has 0 bridgehead atoms. The summed E-state index contributed by atoms with van der Waals surface area (Å²) in [6.45, 7) is 8.44. The van der Waals surface area contributed by atoms with Gasteiger partial charge in [0, 0.05) is 62.4 Å². The molecule has 4 N–H and O–H groups in total. The van der Waals surface area contributed by atoms with Gasteiger partial charge < -0.3 is 25.6 Å². The average molecular weight is 644 g/mol. The number of aliphatic hydroxyl groups excluding tert-OH is 2. The van der Waals surface area contributed by atoms with Crippen LogP contribution in [0.3, 0.4) is 0 Å². The number of nitrogens with zero attached hydrogens (tertiary/aromatic N) is 3. The lowest BCUT2D eigenvalue weighted by atomic mass is 9.91. The summed E-state index contributed by atoms with van der Waals surface area (Å²) in [5.74, 6) is -0.267. The Morgan fingerprint density at radius 2 is 1.79 bits per heavy atom. The van der Waals surface area contributed by atoms with Crippen molar-refractivity contribution in [1.29, 1.82) is 0 Å². The molecule has 10 nitrogen and oxygen atoms in total. The number of amides is 2. The molecule has 5 atom stereocenters. The van der Waals surface area contributed by atoms with Gasteiger partial charge in [-0.25, -0.2) is 4.98 Å². The van der Waals surface area contributed by atoms with Crippen LogP contribution < -0.4 is 15.4 Å². The minimum atomic E-state index is -0.856. The second-order valence-corrected chi connectivity index (χ2v) is 13.9. The van der Waals surface area contributed by atoms with Gasteiger partial charge in [0.25, 0.3) is 0 Å². The maximum absolute atomic E-state index is 13.9. The number of β-amino-alcohol motifs (C(OH)–C–C–N with tert-alkyl or cyclic N) is 1. The van der Waals surface area contributed by atoms with Gasteiger partial charge >= 0.3 is 0 Å². The van der Waals surface area contributed by atoms with Crippen molar-refractivity contribution in [2.45, 2.75) is 76.4 Å². The molecular weight excluding hydrogens is 594 g/mol. The molecule has 252 valence electrons. The van der Waals surface area contributed by atoms with Crippen LogP contribution in [-0.2, 0) is 29.0 Å². The maximum Gasteiger partial charge on any atom is 0.239 e. The summed E-state index contributed by atoms with van der Waals surface area (Å²) in [6.07, 6.45) is 1.29. The van der Waals surface area contributed by atoms with Crippen molar-refractivity contribution in [2.75, 3.05) is 33.3 Å². The van der Waals surface area contributed by atoms with E-state index in [0.29, 0.717) is 44.9 Å². The molecule has 47 heavy (non-hydrogen) atoms. The molecule has 0 spiro atoms. The van der Waals surface area contributed by atoms with Gasteiger partial charge in [-0.05, 0) is 56.4 Å². The third kappa shape index (κ3) is 9.16. The number of nitrogens with one attached hydrogen (secondary N) is 2. The zero-order valence-electron chi connectivity index (χ0n) is 27.9. The highest BCUT2D eigenvalue weighted by Crippen LogP contribution is 2.32. The van der Waals surface area contributed by atoms with Crippen LogP contribution in [0.4, 0.5) is 0 Å². The molecule has 3 aromatic rings. The number of benzene rings is 2. The lowest BCUT2D eigenvalue weighted by Gasteiger charge is -2.42. The van der Waals surface area contributed by atoms with E-state index in [-0.39, 0.29) is 24.8 Å². The predicted molar refractivity (Wildman–Crippen MR) is 181 cm³/mol. The van der Waals surface area contributed by atoms with Crippen molar-refractivity contribution in [1.82, 2.24) is 25.4 Å². The average Bonchev–Trinajstić information content (AvgIpc) is 3.35. The zero-order valence-corrected chi connectivity index (χ0v) is 27.9. The van der Waals surface area contributed by atoms with Crippen LogP contribution in [0.5, 0.6) is 5.88 Å². The number of carbonyl (C=O) groups excluding carboxylic acids is 2. The number of fused-ring (bicyclic) bond motifs is 1. The lowest BCUT2D eigenvalue weighted by molar-refractivity contribution is -0.132. The molecule has 0 radical (unpaired) electrons. The minimum absolute atomic E-state index is 0.0972. The fourth-order valence-electron chi connectivity index (χ4n) is 6.78. The first kappa shape index (κ1) is 34.5. The normalized spacial score (nSPS) is 21.4. The molecule has 1 aliphatic heterocycles. The Labute approximate surface area is 278 Å². The van der Waals surface area contributed by atoms with Gasteiger partial charge in [-0.3, -0.25) is 19.4 Å². The van der Waals surface area contributed by atoms with E-state index < -0.39 is 35.7 Å². The molecule has 10 heteroatoms. The number of rotatable bonds is 12. The molecule has 5 rings (SSSR count). The Hall–Kier alpha value is -3.83. The van der Waals surface area contributed by atoms with Crippen molar-refractivity contribution >= 4 is 11.8 Å². The molecule has 0 saturated carbocycles. The lowest BCUT2D eigenvalue weighted by Crippen LogP contribution is -2.61. The zero-order chi connectivity index (χ0) is 33.6. The summed E-state index contributed by atoms with van der Waals surface area (Å²) in [4.78, 5) is 36.1. The standard InChI is InChI=1S/C37H49N5O5/c1-37(2,3)40-35(46)31-24-41(22-27-14-10-16-38-36(27)47-4)17-18-42(31)23-29(43)20-28(19-25-11-6-5-7-12-25)34(45)39-33-30-15-9-8-13-26(30)21-32(33)44/h5-16,28-29,31-33,43-44H,17-24H2,1-4H3,(H,39,45)(H,40,46)/t28-,29+,31+,32-,33+/m1/s1. The SMILES string of the molecule is COc1ncccc1CN1CCN(C[C@@H](O)C[C@@H](Cc2ccccc2)C(=O)N[C@H]2c3ccccc3C[C@H]2O)[C@H](C(=O)NC(C)(C)C)C1. The molecule has 1 aromatic heterocycles. The Morgan fingerprint density at radius 1 is 1.04 bits per heavy atom. The van der Waals surface area contributed by atoms with Crippen LogP contribution in [0.25, 0.3) is 0 Å². The number of ether oxygens (including phenoxy) is 1. The van der Waals surface area contributed by atoms with E-state index >= 15 is 0 Å². The summed E-state index contributed by atoms with van der Waals surface area (Å²) >= 11 is 0. The fraction of sp³-hybridized carbons (Fsp3) is 0.486. The summed E-state index contributed by atoms with van der Waals surface area (Å²) in [5, 5.41) is 28.6. The van der Waals surface area contributed by atoms with E-state index in [4.69, 9.17) is 4.74 Å². The van der Waals surface area contributed by atoms with Gasteiger partial charge in [0.15, 0.2) is 0 Å². The number of aliphatic hydroxyl groups is 2. The largest absolute Gasteiger partial charge is 0.481 e. The second kappa shape index (κ2) is 15.4. The van der Waals surface area contributed by atoms with E-state index in [2.05, 4.69) is 20.5 Å². The first-order chi connectivity index (χ1) is 22.5. The Bertz CT molecular complexity index is 1500. The Kier molecular flexibility index (Phi) is 11.3. The summed E-state index contributed by atoms with van der Waals surface area (Å²) < 4.78 is 5.46. The van der Waals surface area contributed by atoms with E-state index in [9.17, 15) is 19.8 Å². The number of piperazine rings is 1. The van der Waals surface area contributed by atoms with Crippen molar-refractivity contribution in [2.24, 2.45) is 5.92 Å². The van der Waals surface area contributed by atoms with E-state index in [1.165, 1.54) is 0 Å².